The molecule has 2 amide bonds. The number of urea groups is 1. The molecule has 0 saturated heterocycles. The molecule has 0 heterocycles. The Hall–Kier alpha value is -4.67. The Morgan fingerprint density at radius 3 is 2.26 bits per heavy atom. The number of nitrogens with zero attached hydrogens (tertiary/aromatic N) is 3. The zero-order valence-corrected chi connectivity index (χ0v) is 29.3. The van der Waals surface area contributed by atoms with Crippen LogP contribution in [0.25, 0.3) is 11.1 Å². The van der Waals surface area contributed by atoms with E-state index in [0.29, 0.717) is 34.0 Å². The number of hydrogen-bond acceptors (Lipinski definition) is 6. The molecule has 5 unspecified atom stereocenters. The first-order valence-electron chi connectivity index (χ1n) is 16.7. The van der Waals surface area contributed by atoms with Crippen LogP contribution in [0.15, 0.2) is 84.9 Å². The largest absolute Gasteiger partial charge is 0.456 e. The molecule has 0 radical (unpaired) electrons. The van der Waals surface area contributed by atoms with Crippen molar-refractivity contribution in [3.8, 4) is 22.6 Å². The summed E-state index contributed by atoms with van der Waals surface area (Å²) < 4.78 is 5.49. The second-order valence-corrected chi connectivity index (χ2v) is 14.3. The molecule has 4 aromatic rings. The minimum absolute atomic E-state index is 0.00422. The van der Waals surface area contributed by atoms with E-state index in [1.54, 1.807) is 35.2 Å². The molecule has 5 atom stereocenters. The Bertz CT molecular complexity index is 1900. The maximum Gasteiger partial charge on any atom is 0.317 e. The van der Waals surface area contributed by atoms with Gasteiger partial charge in [-0.1, -0.05) is 66.0 Å². The van der Waals surface area contributed by atoms with Gasteiger partial charge in [0.1, 0.15) is 11.5 Å². The van der Waals surface area contributed by atoms with Gasteiger partial charge >= 0.3 is 6.03 Å². The number of amides is 2. The number of rotatable bonds is 5. The molecule has 8 rings (SSSR count). The minimum Gasteiger partial charge on any atom is -0.456 e. The monoisotopic (exact) mass is 716 g/mol. The van der Waals surface area contributed by atoms with E-state index in [0.717, 1.165) is 40.4 Å². The van der Waals surface area contributed by atoms with Crippen molar-refractivity contribution in [3.05, 3.63) is 126 Å². The molecule has 0 aliphatic heterocycles. The van der Waals surface area contributed by atoms with E-state index >= 15 is 0 Å². The van der Waals surface area contributed by atoms with E-state index in [1.165, 1.54) is 61.9 Å². The number of ether oxygens (including phenoxy) is 1. The van der Waals surface area contributed by atoms with Gasteiger partial charge in [0.15, 0.2) is 0 Å². The molecule has 4 aliphatic carbocycles. The SMILES string of the molecule is CN(C)C(=O)NC1CC2CC1C1CCCC21.O=[N+]([O-])c1ccc(Oc2ccc(Cl)cc2Cl)cc1.O=[N+]([O-])c1cccc2c1Cc1ccccc1-2. The summed E-state index contributed by atoms with van der Waals surface area (Å²) in [6, 6.07) is 24.4. The van der Waals surface area contributed by atoms with Gasteiger partial charge < -0.3 is 15.0 Å². The Morgan fingerprint density at radius 1 is 0.840 bits per heavy atom. The van der Waals surface area contributed by atoms with Crippen LogP contribution in [0.2, 0.25) is 10.0 Å². The minimum atomic E-state index is -0.473. The Labute approximate surface area is 300 Å². The Balaban J connectivity index is 0.000000130. The highest BCUT2D eigenvalue weighted by Crippen LogP contribution is 2.58. The van der Waals surface area contributed by atoms with Crippen LogP contribution >= 0.6 is 23.2 Å². The van der Waals surface area contributed by atoms with Crippen molar-refractivity contribution in [3.63, 3.8) is 0 Å². The zero-order chi connectivity index (χ0) is 35.5. The maximum atomic E-state index is 11.7. The van der Waals surface area contributed by atoms with E-state index < -0.39 is 4.92 Å². The van der Waals surface area contributed by atoms with Gasteiger partial charge in [-0.05, 0) is 96.4 Å². The maximum absolute atomic E-state index is 11.7. The van der Waals surface area contributed by atoms with Crippen molar-refractivity contribution in [1.29, 1.82) is 0 Å². The summed E-state index contributed by atoms with van der Waals surface area (Å²) in [6.07, 6.45) is 7.60. The number of carbonyl (C=O) groups excluding carboxylic acids is 1. The molecule has 2 bridgehead atoms. The highest BCUT2D eigenvalue weighted by Gasteiger charge is 2.54. The average molecular weight is 718 g/mol. The van der Waals surface area contributed by atoms with E-state index in [4.69, 9.17) is 27.9 Å². The van der Waals surface area contributed by atoms with Gasteiger partial charge in [-0.2, -0.15) is 0 Å². The number of hydrogen-bond donors (Lipinski definition) is 1. The van der Waals surface area contributed by atoms with Crippen LogP contribution in [-0.2, 0) is 6.42 Å². The van der Waals surface area contributed by atoms with E-state index in [1.807, 2.05) is 44.4 Å². The molecule has 4 aromatic carbocycles. The van der Waals surface area contributed by atoms with Gasteiger partial charge in [0.2, 0.25) is 0 Å². The number of nitro benzene ring substituents is 2. The summed E-state index contributed by atoms with van der Waals surface area (Å²) in [5, 5.41) is 25.5. The second-order valence-electron chi connectivity index (χ2n) is 13.4. The summed E-state index contributed by atoms with van der Waals surface area (Å²) in [5.41, 5.74) is 4.38. The summed E-state index contributed by atoms with van der Waals surface area (Å²) >= 11 is 11.7. The highest BCUT2D eigenvalue weighted by molar-refractivity contribution is 6.35. The fourth-order valence-corrected chi connectivity index (χ4v) is 8.60. The van der Waals surface area contributed by atoms with E-state index in [9.17, 15) is 25.0 Å². The standard InChI is InChI=1S/C13H22N2O.C13H9NO2.C12H7Cl2NO3/c1-15(2)13(16)14-12-7-8-6-11(12)10-5-3-4-9(8)10;15-14(16)13-7-3-6-11-10-5-2-1-4-9(10)8-12(11)13;13-8-1-6-12(11(14)7-8)18-10-4-2-9(3-5-10)15(16)17/h8-12H,3-7H2,1-2H3,(H,14,16);1-7H,8H2;1-7H. The van der Waals surface area contributed by atoms with E-state index in [-0.39, 0.29) is 22.3 Å². The van der Waals surface area contributed by atoms with Crippen molar-refractivity contribution in [1.82, 2.24) is 10.2 Å². The number of nitrogens with one attached hydrogen (secondary N) is 1. The number of non-ortho nitro benzene ring substituents is 1. The molecule has 0 spiro atoms. The van der Waals surface area contributed by atoms with Crippen molar-refractivity contribution in [2.24, 2.45) is 23.7 Å². The van der Waals surface area contributed by atoms with Crippen LogP contribution in [0.5, 0.6) is 11.5 Å². The average Bonchev–Trinajstić information content (AvgIpc) is 3.88. The molecule has 4 aliphatic rings. The first kappa shape index (κ1) is 35.2. The van der Waals surface area contributed by atoms with Gasteiger partial charge in [-0.3, -0.25) is 20.2 Å². The van der Waals surface area contributed by atoms with Gasteiger partial charge in [0.25, 0.3) is 11.4 Å². The normalized spacial score (nSPS) is 21.7. The molecule has 0 aromatic heterocycles. The van der Waals surface area contributed by atoms with Crippen LogP contribution < -0.4 is 10.1 Å². The van der Waals surface area contributed by atoms with Crippen LogP contribution in [0.1, 0.15) is 43.2 Å². The lowest BCUT2D eigenvalue weighted by molar-refractivity contribution is -0.385. The van der Waals surface area contributed by atoms with Crippen molar-refractivity contribution < 1.29 is 19.4 Å². The summed E-state index contributed by atoms with van der Waals surface area (Å²) in [4.78, 5) is 34.0. The molecule has 1 N–H and O–H groups in total. The second kappa shape index (κ2) is 15.1. The fraction of sp³-hybridized carbons (Fsp3) is 0.342. The molecule has 12 heteroatoms. The molecule has 10 nitrogen and oxygen atoms in total. The molecule has 3 saturated carbocycles. The van der Waals surface area contributed by atoms with Gasteiger partial charge in [-0.15, -0.1) is 0 Å². The molecule has 50 heavy (non-hydrogen) atoms. The molecule has 3 fully saturated rings. The van der Waals surface area contributed by atoms with Crippen molar-refractivity contribution >= 4 is 40.6 Å². The van der Waals surface area contributed by atoms with E-state index in [2.05, 4.69) is 5.32 Å². The topological polar surface area (TPSA) is 128 Å². The molecule has 260 valence electrons. The molecular formula is C38H38Cl2N4O6. The number of halogens is 2. The summed E-state index contributed by atoms with van der Waals surface area (Å²) in [5.74, 6) is 4.56. The lowest BCUT2D eigenvalue weighted by Gasteiger charge is -2.32. The smallest absolute Gasteiger partial charge is 0.317 e. The number of carbonyl (C=O) groups is 1. The van der Waals surface area contributed by atoms with Gasteiger partial charge in [0, 0.05) is 55.3 Å². The first-order chi connectivity index (χ1) is 24.0. The summed E-state index contributed by atoms with van der Waals surface area (Å²) in [6.45, 7) is 0. The predicted octanol–water partition coefficient (Wildman–Crippen LogP) is 9.94. The lowest BCUT2D eigenvalue weighted by Crippen LogP contribution is -2.46. The number of fused-ring (bicyclic) bond motifs is 8. The fourth-order valence-electron chi connectivity index (χ4n) is 8.15. The zero-order valence-electron chi connectivity index (χ0n) is 27.8. The quantitative estimate of drug-likeness (QED) is 0.142. The lowest BCUT2D eigenvalue weighted by atomic mass is 9.79. The summed E-state index contributed by atoms with van der Waals surface area (Å²) in [7, 11) is 3.64. The molecular weight excluding hydrogens is 679 g/mol. The third kappa shape index (κ3) is 7.56. The third-order valence-corrected chi connectivity index (χ3v) is 10.9. The Kier molecular flexibility index (Phi) is 10.6. The number of nitro groups is 2. The Morgan fingerprint density at radius 2 is 1.56 bits per heavy atom. The predicted molar refractivity (Wildman–Crippen MR) is 194 cm³/mol. The van der Waals surface area contributed by atoms with Crippen molar-refractivity contribution in [2.75, 3.05) is 14.1 Å². The van der Waals surface area contributed by atoms with Gasteiger partial charge in [-0.25, -0.2) is 4.79 Å². The number of benzene rings is 4. The van der Waals surface area contributed by atoms with Crippen LogP contribution in [0.3, 0.4) is 0 Å². The van der Waals surface area contributed by atoms with Crippen molar-refractivity contribution in [2.45, 2.75) is 44.6 Å². The van der Waals surface area contributed by atoms with Crippen LogP contribution in [-0.4, -0.2) is 40.9 Å². The van der Waals surface area contributed by atoms with Gasteiger partial charge in [0.05, 0.1) is 14.9 Å². The van der Waals surface area contributed by atoms with Crippen LogP contribution in [0.4, 0.5) is 16.2 Å². The third-order valence-electron chi connectivity index (χ3n) is 10.3. The van der Waals surface area contributed by atoms with Crippen LogP contribution in [0, 0.1) is 43.9 Å². The first-order valence-corrected chi connectivity index (χ1v) is 17.5. The highest BCUT2D eigenvalue weighted by atomic mass is 35.5.